The third-order valence-electron chi connectivity index (χ3n) is 3.60. The summed E-state index contributed by atoms with van der Waals surface area (Å²) in [5, 5.41) is 15.6. The smallest absolute Gasteiger partial charge is 0.271 e. The number of anilines is 2. The van der Waals surface area contributed by atoms with Gasteiger partial charge in [0.25, 0.3) is 5.56 Å². The van der Waals surface area contributed by atoms with Crippen LogP contribution in [-0.2, 0) is 0 Å². The molecule has 0 radical (unpaired) electrons. The molecule has 0 amide bonds. The molecular formula is C16H13N5O. The summed E-state index contributed by atoms with van der Waals surface area (Å²) < 4.78 is 1.57. The number of nitrogens with one attached hydrogen (secondary N) is 2. The Morgan fingerprint density at radius 2 is 1.73 bits per heavy atom. The first-order valence-corrected chi connectivity index (χ1v) is 6.92. The molecular weight excluding hydrogens is 278 g/mol. The number of hydrogen-bond donors (Lipinski definition) is 2. The molecule has 2 aromatic heterocycles. The fourth-order valence-electron chi connectivity index (χ4n) is 2.45. The van der Waals surface area contributed by atoms with Gasteiger partial charge in [0, 0.05) is 11.1 Å². The Kier molecular flexibility index (Phi) is 2.69. The highest BCUT2D eigenvalue weighted by Gasteiger charge is 2.11. The van der Waals surface area contributed by atoms with E-state index in [1.807, 2.05) is 49.4 Å². The Bertz CT molecular complexity index is 1030. The molecule has 0 aliphatic carbocycles. The van der Waals surface area contributed by atoms with E-state index < -0.39 is 0 Å². The Hall–Kier alpha value is -3.15. The van der Waals surface area contributed by atoms with Gasteiger partial charge in [-0.2, -0.15) is 4.52 Å². The van der Waals surface area contributed by atoms with Crippen molar-refractivity contribution >= 4 is 28.1 Å². The van der Waals surface area contributed by atoms with Crippen molar-refractivity contribution in [2.24, 2.45) is 0 Å². The molecule has 4 rings (SSSR count). The molecule has 2 heterocycles. The molecule has 2 N–H and O–H groups in total. The van der Waals surface area contributed by atoms with Crippen molar-refractivity contribution < 1.29 is 0 Å². The molecule has 0 fully saturated rings. The number of fused-ring (bicyclic) bond motifs is 3. The largest absolute Gasteiger partial charge is 0.323 e. The van der Waals surface area contributed by atoms with Crippen LogP contribution in [0.1, 0.15) is 5.56 Å². The van der Waals surface area contributed by atoms with Crippen LogP contribution in [0.15, 0.2) is 53.3 Å². The summed E-state index contributed by atoms with van der Waals surface area (Å²) >= 11 is 0. The Labute approximate surface area is 125 Å². The molecule has 22 heavy (non-hydrogen) atoms. The predicted molar refractivity (Wildman–Crippen MR) is 85.6 cm³/mol. The molecule has 0 spiro atoms. The fourth-order valence-corrected chi connectivity index (χ4v) is 2.45. The average molecular weight is 291 g/mol. The minimum absolute atomic E-state index is 0.171. The summed E-state index contributed by atoms with van der Waals surface area (Å²) in [7, 11) is 0. The van der Waals surface area contributed by atoms with Gasteiger partial charge < -0.3 is 5.32 Å². The van der Waals surface area contributed by atoms with Crippen LogP contribution in [0.5, 0.6) is 0 Å². The number of H-pyrrole nitrogens is 1. The van der Waals surface area contributed by atoms with E-state index in [9.17, 15) is 4.79 Å². The summed E-state index contributed by atoms with van der Waals surface area (Å²) in [4.78, 5) is 12.2. The number of aromatic amines is 1. The normalized spacial score (nSPS) is 11.1. The maximum absolute atomic E-state index is 12.2. The standard InChI is InChI=1S/C16H13N5O/c1-10-6-8-11(9-7-10)17-16-19-18-14-12-4-2-3-5-13(12)15(22)20-21(14)16/h2-9H,1H3,(H,17,19)(H,20,22). The number of nitrogens with zero attached hydrogens (tertiary/aromatic N) is 3. The summed E-state index contributed by atoms with van der Waals surface area (Å²) in [5.74, 6) is 0.474. The third-order valence-corrected chi connectivity index (χ3v) is 3.60. The van der Waals surface area contributed by atoms with Gasteiger partial charge >= 0.3 is 0 Å². The zero-order valence-corrected chi connectivity index (χ0v) is 11.9. The molecule has 0 saturated heterocycles. The average Bonchev–Trinajstić information content (AvgIpc) is 2.93. The number of aromatic nitrogens is 4. The van der Waals surface area contributed by atoms with Crippen molar-refractivity contribution in [3.63, 3.8) is 0 Å². The van der Waals surface area contributed by atoms with Crippen LogP contribution in [0.3, 0.4) is 0 Å². The molecule has 0 aliphatic rings. The van der Waals surface area contributed by atoms with E-state index in [-0.39, 0.29) is 5.56 Å². The lowest BCUT2D eigenvalue weighted by atomic mass is 10.2. The first-order valence-electron chi connectivity index (χ1n) is 6.92. The lowest BCUT2D eigenvalue weighted by Crippen LogP contribution is -2.13. The lowest BCUT2D eigenvalue weighted by Gasteiger charge is -2.05. The van der Waals surface area contributed by atoms with Crippen molar-refractivity contribution in [2.45, 2.75) is 6.92 Å². The van der Waals surface area contributed by atoms with Crippen LogP contribution in [0.25, 0.3) is 16.4 Å². The van der Waals surface area contributed by atoms with Gasteiger partial charge in [0.15, 0.2) is 5.65 Å². The summed E-state index contributed by atoms with van der Waals surface area (Å²) in [6, 6.07) is 15.3. The van der Waals surface area contributed by atoms with E-state index in [0.717, 1.165) is 11.1 Å². The first kappa shape index (κ1) is 12.6. The van der Waals surface area contributed by atoms with Crippen LogP contribution in [-0.4, -0.2) is 19.8 Å². The van der Waals surface area contributed by atoms with Crippen molar-refractivity contribution in [3.05, 3.63) is 64.4 Å². The first-order chi connectivity index (χ1) is 10.7. The summed E-state index contributed by atoms with van der Waals surface area (Å²) in [6.07, 6.45) is 0. The van der Waals surface area contributed by atoms with E-state index in [2.05, 4.69) is 20.6 Å². The third kappa shape index (κ3) is 1.93. The van der Waals surface area contributed by atoms with Gasteiger partial charge in [-0.05, 0) is 25.1 Å². The van der Waals surface area contributed by atoms with Gasteiger partial charge in [-0.25, -0.2) is 0 Å². The molecule has 6 nitrogen and oxygen atoms in total. The minimum Gasteiger partial charge on any atom is -0.323 e. The highest BCUT2D eigenvalue weighted by atomic mass is 16.1. The maximum Gasteiger partial charge on any atom is 0.271 e. The zero-order chi connectivity index (χ0) is 15.1. The number of hydrogen-bond acceptors (Lipinski definition) is 4. The van der Waals surface area contributed by atoms with Crippen LogP contribution in [0.4, 0.5) is 11.6 Å². The quantitative estimate of drug-likeness (QED) is 0.595. The van der Waals surface area contributed by atoms with Crippen molar-refractivity contribution in [1.82, 2.24) is 19.8 Å². The topological polar surface area (TPSA) is 75.1 Å². The molecule has 6 heteroatoms. The summed E-state index contributed by atoms with van der Waals surface area (Å²) in [5.41, 5.74) is 2.50. The van der Waals surface area contributed by atoms with Gasteiger partial charge in [0.1, 0.15) is 0 Å². The monoisotopic (exact) mass is 291 g/mol. The molecule has 0 saturated carbocycles. The Morgan fingerprint density at radius 1 is 1.00 bits per heavy atom. The second-order valence-corrected chi connectivity index (χ2v) is 5.16. The molecule has 4 aromatic rings. The number of benzene rings is 2. The van der Waals surface area contributed by atoms with E-state index in [0.29, 0.717) is 17.0 Å². The molecule has 2 aromatic carbocycles. The van der Waals surface area contributed by atoms with Gasteiger partial charge in [-0.3, -0.25) is 9.89 Å². The van der Waals surface area contributed by atoms with Gasteiger partial charge in [-0.15, -0.1) is 10.2 Å². The molecule has 0 bridgehead atoms. The van der Waals surface area contributed by atoms with Crippen molar-refractivity contribution in [2.75, 3.05) is 5.32 Å². The minimum atomic E-state index is -0.171. The number of rotatable bonds is 2. The van der Waals surface area contributed by atoms with E-state index in [1.54, 1.807) is 10.6 Å². The Morgan fingerprint density at radius 3 is 2.50 bits per heavy atom. The second kappa shape index (κ2) is 4.70. The molecule has 0 atom stereocenters. The van der Waals surface area contributed by atoms with E-state index in [4.69, 9.17) is 0 Å². The van der Waals surface area contributed by atoms with Crippen LogP contribution >= 0.6 is 0 Å². The van der Waals surface area contributed by atoms with Crippen LogP contribution in [0.2, 0.25) is 0 Å². The van der Waals surface area contributed by atoms with Gasteiger partial charge in [0.05, 0.1) is 5.39 Å². The second-order valence-electron chi connectivity index (χ2n) is 5.16. The van der Waals surface area contributed by atoms with E-state index >= 15 is 0 Å². The van der Waals surface area contributed by atoms with Crippen molar-refractivity contribution in [1.29, 1.82) is 0 Å². The van der Waals surface area contributed by atoms with Gasteiger partial charge in [0.2, 0.25) is 5.95 Å². The molecule has 108 valence electrons. The molecule has 0 aliphatic heterocycles. The SMILES string of the molecule is Cc1ccc(Nc2nnc3c4ccccc4c(=O)[nH]n23)cc1. The molecule has 0 unspecified atom stereocenters. The fraction of sp³-hybridized carbons (Fsp3) is 0.0625. The van der Waals surface area contributed by atoms with Crippen LogP contribution < -0.4 is 10.9 Å². The zero-order valence-electron chi connectivity index (χ0n) is 11.9. The highest BCUT2D eigenvalue weighted by molar-refractivity contribution is 5.93. The Balaban J connectivity index is 1.89. The highest BCUT2D eigenvalue weighted by Crippen LogP contribution is 2.19. The predicted octanol–water partition coefficient (Wildman–Crippen LogP) is 2.62. The van der Waals surface area contributed by atoms with Crippen LogP contribution in [0, 0.1) is 6.92 Å². The maximum atomic E-state index is 12.2. The lowest BCUT2D eigenvalue weighted by molar-refractivity contribution is 0.918. The van der Waals surface area contributed by atoms with Crippen molar-refractivity contribution in [3.8, 4) is 0 Å². The van der Waals surface area contributed by atoms with Gasteiger partial charge in [-0.1, -0.05) is 35.9 Å². The van der Waals surface area contributed by atoms with E-state index in [1.165, 1.54) is 5.56 Å². The summed E-state index contributed by atoms with van der Waals surface area (Å²) in [6.45, 7) is 2.03. The number of aryl methyl sites for hydroxylation is 1.